The lowest BCUT2D eigenvalue weighted by Crippen LogP contribution is -2.62. The molecule has 0 bridgehead atoms. The van der Waals surface area contributed by atoms with Crippen LogP contribution in [0.1, 0.15) is 75.2 Å². The van der Waals surface area contributed by atoms with Crippen molar-refractivity contribution >= 4 is 29.8 Å². The van der Waals surface area contributed by atoms with Crippen molar-refractivity contribution < 1.29 is 33.8 Å². The average Bonchev–Trinajstić information content (AvgIpc) is 2.62. The van der Waals surface area contributed by atoms with E-state index in [0.717, 1.165) is 0 Å². The smallest absolute Gasteiger partial charge is 0.408 e. The molecule has 5 N–H and O–H groups in total. The maximum Gasteiger partial charge on any atom is 0.408 e. The average molecular weight is 487 g/mol. The number of hydrogen-bond acceptors (Lipinski definition) is 6. The summed E-state index contributed by atoms with van der Waals surface area (Å²) in [7, 11) is 0. The molecule has 2 atom stereocenters. The van der Waals surface area contributed by atoms with Gasteiger partial charge >= 0.3 is 12.1 Å². The van der Waals surface area contributed by atoms with Crippen LogP contribution in [-0.2, 0) is 23.9 Å². The van der Waals surface area contributed by atoms with Crippen molar-refractivity contribution in [3.63, 3.8) is 0 Å². The molecule has 0 aliphatic carbocycles. The Morgan fingerprint density at radius 1 is 0.882 bits per heavy atom. The quantitative estimate of drug-likeness (QED) is 0.279. The van der Waals surface area contributed by atoms with Crippen LogP contribution in [-0.4, -0.2) is 64.7 Å². The molecular weight excluding hydrogens is 444 g/mol. The topological polar surface area (TPSA) is 163 Å². The molecule has 4 amide bonds. The van der Waals surface area contributed by atoms with Crippen molar-refractivity contribution in [3.8, 4) is 0 Å². The van der Waals surface area contributed by atoms with E-state index in [0.29, 0.717) is 6.42 Å². The van der Waals surface area contributed by atoms with Gasteiger partial charge in [0.15, 0.2) is 0 Å². The molecule has 0 aromatic heterocycles. The third-order valence-electron chi connectivity index (χ3n) is 4.59. The molecule has 0 aliphatic rings. The van der Waals surface area contributed by atoms with E-state index in [4.69, 9.17) is 9.84 Å². The Morgan fingerprint density at radius 2 is 1.44 bits per heavy atom. The van der Waals surface area contributed by atoms with Crippen LogP contribution in [0.5, 0.6) is 0 Å². The van der Waals surface area contributed by atoms with Gasteiger partial charge in [-0.25, -0.2) is 4.79 Å². The molecule has 11 heteroatoms. The maximum atomic E-state index is 13.0. The zero-order chi connectivity index (χ0) is 26.9. The fraction of sp³-hybridized carbons (Fsp3) is 0.783. The number of carboxylic acid groups (broad SMARTS) is 1. The maximum absolute atomic E-state index is 13.0. The number of rotatable bonds is 12. The van der Waals surface area contributed by atoms with Crippen molar-refractivity contribution in [2.24, 2.45) is 11.8 Å². The minimum atomic E-state index is -1.41. The van der Waals surface area contributed by atoms with Gasteiger partial charge in [0.05, 0.1) is 6.42 Å². The number of alkyl carbamates (subject to hydrolysis) is 1. The molecule has 11 nitrogen and oxygen atoms in total. The van der Waals surface area contributed by atoms with Crippen LogP contribution in [0.25, 0.3) is 0 Å². The summed E-state index contributed by atoms with van der Waals surface area (Å²) in [5.74, 6) is -2.95. The number of hydrogen-bond donors (Lipinski definition) is 5. The number of carbonyl (C=O) groups is 5. The molecule has 0 rings (SSSR count). The van der Waals surface area contributed by atoms with E-state index >= 15 is 0 Å². The van der Waals surface area contributed by atoms with Gasteiger partial charge < -0.3 is 31.1 Å². The molecule has 0 heterocycles. The zero-order valence-corrected chi connectivity index (χ0v) is 21.8. The van der Waals surface area contributed by atoms with Crippen LogP contribution in [0, 0.1) is 11.8 Å². The second kappa shape index (κ2) is 13.1. The van der Waals surface area contributed by atoms with Crippen LogP contribution < -0.4 is 21.3 Å². The summed E-state index contributed by atoms with van der Waals surface area (Å²) in [6, 6.07) is -1.86. The molecule has 0 saturated carbocycles. The molecule has 196 valence electrons. The highest BCUT2D eigenvalue weighted by molar-refractivity contribution is 5.96. The Balaban J connectivity index is 5.32. The summed E-state index contributed by atoms with van der Waals surface area (Å²) in [5, 5.41) is 19.0. The van der Waals surface area contributed by atoms with Gasteiger partial charge in [0.25, 0.3) is 0 Å². The van der Waals surface area contributed by atoms with Crippen molar-refractivity contribution in [1.82, 2.24) is 21.3 Å². The zero-order valence-electron chi connectivity index (χ0n) is 21.8. The molecule has 0 saturated heterocycles. The molecule has 0 unspecified atom stereocenters. The van der Waals surface area contributed by atoms with Gasteiger partial charge in [-0.1, -0.05) is 27.7 Å². The first-order valence-corrected chi connectivity index (χ1v) is 11.5. The first kappa shape index (κ1) is 31.1. The van der Waals surface area contributed by atoms with Crippen LogP contribution >= 0.6 is 0 Å². The van der Waals surface area contributed by atoms with Crippen molar-refractivity contribution in [3.05, 3.63) is 0 Å². The molecule has 0 aromatic carbocycles. The molecule has 0 aromatic rings. The van der Waals surface area contributed by atoms with E-state index in [1.165, 1.54) is 13.8 Å². The van der Waals surface area contributed by atoms with Crippen LogP contribution in [0.15, 0.2) is 0 Å². The predicted octanol–water partition coefficient (Wildman–Crippen LogP) is 1.55. The molecular formula is C23H42N4O7. The first-order valence-electron chi connectivity index (χ1n) is 11.5. The molecule has 0 spiro atoms. The Labute approximate surface area is 202 Å². The fourth-order valence-electron chi connectivity index (χ4n) is 2.86. The highest BCUT2D eigenvalue weighted by Gasteiger charge is 2.36. The predicted molar refractivity (Wildman–Crippen MR) is 127 cm³/mol. The lowest BCUT2D eigenvalue weighted by Gasteiger charge is -2.31. The normalized spacial score (nSPS) is 13.6. The van der Waals surface area contributed by atoms with Gasteiger partial charge in [0, 0.05) is 6.54 Å². The highest BCUT2D eigenvalue weighted by Crippen LogP contribution is 2.12. The van der Waals surface area contributed by atoms with E-state index in [-0.39, 0.29) is 24.8 Å². The van der Waals surface area contributed by atoms with Gasteiger partial charge in [-0.15, -0.1) is 0 Å². The molecule has 0 fully saturated rings. The highest BCUT2D eigenvalue weighted by atomic mass is 16.6. The molecule has 0 aliphatic heterocycles. The number of nitrogens with one attached hydrogen (secondary N) is 4. The van der Waals surface area contributed by atoms with Crippen molar-refractivity contribution in [2.75, 3.05) is 6.54 Å². The third kappa shape index (κ3) is 12.4. The van der Waals surface area contributed by atoms with Gasteiger partial charge in [-0.3, -0.25) is 19.2 Å². The summed E-state index contributed by atoms with van der Waals surface area (Å²) < 4.78 is 5.24. The minimum Gasteiger partial charge on any atom is -0.481 e. The van der Waals surface area contributed by atoms with Gasteiger partial charge in [0.1, 0.15) is 23.2 Å². The summed E-state index contributed by atoms with van der Waals surface area (Å²) in [4.78, 5) is 61.2. The minimum absolute atomic E-state index is 0.0688. The van der Waals surface area contributed by atoms with E-state index in [1.54, 1.807) is 34.6 Å². The Bertz CT molecular complexity index is 742. The number of carbonyl (C=O) groups excluding carboxylic acids is 4. The lowest BCUT2D eigenvalue weighted by molar-refractivity contribution is -0.137. The van der Waals surface area contributed by atoms with E-state index in [9.17, 15) is 24.0 Å². The number of ether oxygens (including phenoxy) is 1. The Kier molecular flexibility index (Phi) is 12.0. The van der Waals surface area contributed by atoms with E-state index < -0.39 is 53.0 Å². The summed E-state index contributed by atoms with van der Waals surface area (Å²) in [6.45, 7) is 15.3. The monoisotopic (exact) mass is 486 g/mol. The van der Waals surface area contributed by atoms with Crippen molar-refractivity contribution in [1.29, 1.82) is 0 Å². The van der Waals surface area contributed by atoms with Crippen LogP contribution in [0.2, 0.25) is 0 Å². The largest absolute Gasteiger partial charge is 0.481 e. The summed E-state index contributed by atoms with van der Waals surface area (Å²) in [6.07, 6.45) is -0.661. The fourth-order valence-corrected chi connectivity index (χ4v) is 2.86. The van der Waals surface area contributed by atoms with Gasteiger partial charge in [-0.05, 0) is 52.9 Å². The number of aliphatic carboxylic acids is 1. The van der Waals surface area contributed by atoms with Crippen LogP contribution in [0.3, 0.4) is 0 Å². The summed E-state index contributed by atoms with van der Waals surface area (Å²) >= 11 is 0. The SMILES string of the molecule is CC(C)C[C@H](NC(=O)OC(C)(C)C)C(=O)NC(C)(C)C(=O)N[C@H](C(=O)NCCC(=O)O)C(C)C. The van der Waals surface area contributed by atoms with E-state index in [1.807, 2.05) is 13.8 Å². The summed E-state index contributed by atoms with van der Waals surface area (Å²) in [5.41, 5.74) is -2.14. The standard InChI is InChI=1S/C23H42N4O7/c1-13(2)12-15(25-21(33)34-22(5,6)7)18(30)27-23(8,9)20(32)26-17(14(3)4)19(31)24-11-10-16(28)29/h13-15,17H,10-12H2,1-9H3,(H,24,31)(H,25,33)(H,26,32)(H,27,30)(H,28,29)/t15-,17-/m0/s1. The van der Waals surface area contributed by atoms with Gasteiger partial charge in [0.2, 0.25) is 17.7 Å². The van der Waals surface area contributed by atoms with Crippen molar-refractivity contribution in [2.45, 2.75) is 98.4 Å². The van der Waals surface area contributed by atoms with Crippen LogP contribution in [0.4, 0.5) is 4.79 Å². The van der Waals surface area contributed by atoms with Gasteiger partial charge in [-0.2, -0.15) is 0 Å². The second-order valence-corrected chi connectivity index (χ2v) is 10.6. The lowest BCUT2D eigenvalue weighted by atomic mass is 9.97. The van der Waals surface area contributed by atoms with E-state index in [2.05, 4.69) is 21.3 Å². The number of amides is 4. The Hall–Kier alpha value is -2.85. The second-order valence-electron chi connectivity index (χ2n) is 10.6. The first-order chi connectivity index (χ1) is 15.4. The molecule has 34 heavy (non-hydrogen) atoms. The molecule has 0 radical (unpaired) electrons. The Morgan fingerprint density at radius 3 is 1.88 bits per heavy atom. The third-order valence-corrected chi connectivity index (χ3v) is 4.59. The number of carboxylic acids is 1.